The molecule has 6 nitrogen and oxygen atoms in total. The van der Waals surface area contributed by atoms with Gasteiger partial charge in [0.25, 0.3) is 0 Å². The number of carboxylic acid groups (broad SMARTS) is 1. The molecular formula is C13H16N2O4. The fraction of sp³-hybridized carbons (Fsp3) is 0.385. The summed E-state index contributed by atoms with van der Waals surface area (Å²) in [5, 5.41) is 20.1. The average molecular weight is 264 g/mol. The van der Waals surface area contributed by atoms with E-state index in [0.717, 1.165) is 17.7 Å². The smallest absolute Gasteiger partial charge is 0.328 e. The maximum Gasteiger partial charge on any atom is 0.328 e. The van der Waals surface area contributed by atoms with Gasteiger partial charge in [0, 0.05) is 11.7 Å². The second kappa shape index (κ2) is 5.27. The number of carbonyl (C=O) groups excluding carboxylic acids is 1. The molecule has 1 heterocycles. The van der Waals surface area contributed by atoms with E-state index in [1.807, 2.05) is 31.2 Å². The Kier molecular flexibility index (Phi) is 3.71. The van der Waals surface area contributed by atoms with Crippen molar-refractivity contribution in [1.29, 1.82) is 0 Å². The SMILES string of the molecule is CC1Cc2ccccc2N1C(=O)N[C@H](CO)C(=O)O. The number of aliphatic carboxylic acids is 1. The van der Waals surface area contributed by atoms with Gasteiger partial charge in [0.2, 0.25) is 0 Å². The van der Waals surface area contributed by atoms with Crippen LogP contribution in [0.25, 0.3) is 0 Å². The summed E-state index contributed by atoms with van der Waals surface area (Å²) in [4.78, 5) is 24.5. The lowest BCUT2D eigenvalue weighted by Gasteiger charge is -2.24. The highest BCUT2D eigenvalue weighted by Gasteiger charge is 2.32. The number of benzene rings is 1. The molecule has 2 atom stereocenters. The molecule has 1 unspecified atom stereocenters. The van der Waals surface area contributed by atoms with E-state index in [4.69, 9.17) is 10.2 Å². The first kappa shape index (κ1) is 13.4. The van der Waals surface area contributed by atoms with Gasteiger partial charge in [-0.1, -0.05) is 18.2 Å². The lowest BCUT2D eigenvalue weighted by atomic mass is 10.1. The number of carboxylic acids is 1. The van der Waals surface area contributed by atoms with Crippen LogP contribution in [0.5, 0.6) is 0 Å². The Morgan fingerprint density at radius 2 is 2.16 bits per heavy atom. The van der Waals surface area contributed by atoms with Crippen LogP contribution in [0.1, 0.15) is 12.5 Å². The van der Waals surface area contributed by atoms with E-state index in [2.05, 4.69) is 5.32 Å². The van der Waals surface area contributed by atoms with E-state index < -0.39 is 24.6 Å². The first-order chi connectivity index (χ1) is 9.04. The number of nitrogens with zero attached hydrogens (tertiary/aromatic N) is 1. The average Bonchev–Trinajstić information content (AvgIpc) is 2.71. The Bertz CT molecular complexity index is 503. The molecule has 0 bridgehead atoms. The number of fused-ring (bicyclic) bond motifs is 1. The predicted molar refractivity (Wildman–Crippen MR) is 69.1 cm³/mol. The summed E-state index contributed by atoms with van der Waals surface area (Å²) in [6.07, 6.45) is 0.737. The second-order valence-electron chi connectivity index (χ2n) is 4.57. The third-order valence-corrected chi connectivity index (χ3v) is 3.20. The van der Waals surface area contributed by atoms with E-state index in [0.29, 0.717) is 0 Å². The number of aliphatic hydroxyl groups is 1. The van der Waals surface area contributed by atoms with E-state index in [-0.39, 0.29) is 6.04 Å². The van der Waals surface area contributed by atoms with Gasteiger partial charge < -0.3 is 15.5 Å². The van der Waals surface area contributed by atoms with Crippen molar-refractivity contribution in [3.8, 4) is 0 Å². The number of rotatable bonds is 3. The number of amides is 2. The molecule has 0 fully saturated rings. The fourth-order valence-electron chi connectivity index (χ4n) is 2.28. The Morgan fingerprint density at radius 3 is 2.79 bits per heavy atom. The molecule has 0 saturated carbocycles. The lowest BCUT2D eigenvalue weighted by molar-refractivity contribution is -0.140. The van der Waals surface area contributed by atoms with Gasteiger partial charge in [0.1, 0.15) is 0 Å². The molecule has 6 heteroatoms. The number of para-hydroxylation sites is 1. The minimum absolute atomic E-state index is 0.0365. The van der Waals surface area contributed by atoms with Crippen LogP contribution in [0.15, 0.2) is 24.3 Å². The zero-order chi connectivity index (χ0) is 14.0. The Morgan fingerprint density at radius 1 is 1.47 bits per heavy atom. The molecule has 3 N–H and O–H groups in total. The molecule has 0 saturated heterocycles. The minimum Gasteiger partial charge on any atom is -0.480 e. The highest BCUT2D eigenvalue weighted by molar-refractivity contribution is 5.96. The van der Waals surface area contributed by atoms with Gasteiger partial charge in [-0.05, 0) is 25.0 Å². The standard InChI is InChI=1S/C13H16N2O4/c1-8-6-9-4-2-3-5-11(9)15(8)13(19)14-10(7-16)12(17)18/h2-5,8,10,16H,6-7H2,1H3,(H,14,19)(H,17,18)/t8?,10-/m1/s1. The molecule has 1 aromatic rings. The monoisotopic (exact) mass is 264 g/mol. The first-order valence-corrected chi connectivity index (χ1v) is 6.06. The summed E-state index contributed by atoms with van der Waals surface area (Å²) in [5.74, 6) is -1.25. The zero-order valence-electron chi connectivity index (χ0n) is 10.5. The van der Waals surface area contributed by atoms with Crippen LogP contribution in [-0.4, -0.2) is 40.9 Å². The summed E-state index contributed by atoms with van der Waals surface area (Å²) < 4.78 is 0. The Hall–Kier alpha value is -2.08. The molecule has 2 rings (SSSR count). The van der Waals surface area contributed by atoms with Crippen molar-refractivity contribution in [2.24, 2.45) is 0 Å². The van der Waals surface area contributed by atoms with Crippen molar-refractivity contribution < 1.29 is 19.8 Å². The molecule has 0 radical (unpaired) electrons. The van der Waals surface area contributed by atoms with Crippen molar-refractivity contribution in [3.63, 3.8) is 0 Å². The van der Waals surface area contributed by atoms with Crippen LogP contribution >= 0.6 is 0 Å². The van der Waals surface area contributed by atoms with Crippen molar-refractivity contribution in [3.05, 3.63) is 29.8 Å². The van der Waals surface area contributed by atoms with Crippen LogP contribution in [0.2, 0.25) is 0 Å². The maximum atomic E-state index is 12.1. The van der Waals surface area contributed by atoms with Gasteiger partial charge in [-0.2, -0.15) is 0 Å². The zero-order valence-corrected chi connectivity index (χ0v) is 10.5. The molecule has 1 aliphatic rings. The number of hydrogen-bond donors (Lipinski definition) is 3. The van der Waals surface area contributed by atoms with Gasteiger partial charge in [0.05, 0.1) is 6.61 Å². The van der Waals surface area contributed by atoms with Crippen LogP contribution < -0.4 is 10.2 Å². The molecular weight excluding hydrogens is 248 g/mol. The lowest BCUT2D eigenvalue weighted by Crippen LogP contribution is -2.51. The van der Waals surface area contributed by atoms with Crippen LogP contribution in [0, 0.1) is 0 Å². The topological polar surface area (TPSA) is 89.9 Å². The van der Waals surface area contributed by atoms with Crippen molar-refractivity contribution >= 4 is 17.7 Å². The number of carbonyl (C=O) groups is 2. The van der Waals surface area contributed by atoms with Crippen LogP contribution in [0.4, 0.5) is 10.5 Å². The number of hydrogen-bond acceptors (Lipinski definition) is 3. The summed E-state index contributed by atoms with van der Waals surface area (Å²) in [6, 6.07) is 5.68. The van der Waals surface area contributed by atoms with Gasteiger partial charge in [0.15, 0.2) is 6.04 Å². The van der Waals surface area contributed by atoms with Gasteiger partial charge in [-0.15, -0.1) is 0 Å². The van der Waals surface area contributed by atoms with E-state index >= 15 is 0 Å². The van der Waals surface area contributed by atoms with E-state index in [1.165, 1.54) is 4.90 Å². The summed E-state index contributed by atoms with van der Waals surface area (Å²) in [6.45, 7) is 1.26. The van der Waals surface area contributed by atoms with Gasteiger partial charge in [-0.25, -0.2) is 9.59 Å². The molecule has 19 heavy (non-hydrogen) atoms. The number of anilines is 1. The van der Waals surface area contributed by atoms with Crippen molar-refractivity contribution in [2.75, 3.05) is 11.5 Å². The maximum absolute atomic E-state index is 12.1. The van der Waals surface area contributed by atoms with Crippen LogP contribution in [-0.2, 0) is 11.2 Å². The third-order valence-electron chi connectivity index (χ3n) is 3.20. The summed E-state index contributed by atoms with van der Waals surface area (Å²) >= 11 is 0. The molecule has 1 aliphatic heterocycles. The molecule has 0 aromatic heterocycles. The van der Waals surface area contributed by atoms with Gasteiger partial charge in [-0.3, -0.25) is 4.90 Å². The predicted octanol–water partition coefficient (Wildman–Crippen LogP) is 0.593. The molecule has 0 spiro atoms. The molecule has 0 aliphatic carbocycles. The van der Waals surface area contributed by atoms with Crippen molar-refractivity contribution in [2.45, 2.75) is 25.4 Å². The van der Waals surface area contributed by atoms with Crippen LogP contribution in [0.3, 0.4) is 0 Å². The second-order valence-corrected chi connectivity index (χ2v) is 4.57. The van der Waals surface area contributed by atoms with E-state index in [9.17, 15) is 9.59 Å². The van der Waals surface area contributed by atoms with Crippen molar-refractivity contribution in [1.82, 2.24) is 5.32 Å². The minimum atomic E-state index is -1.28. The fourth-order valence-corrected chi connectivity index (χ4v) is 2.28. The Balaban J connectivity index is 2.18. The molecule has 2 amide bonds. The quantitative estimate of drug-likeness (QED) is 0.745. The number of nitrogens with one attached hydrogen (secondary N) is 1. The first-order valence-electron chi connectivity index (χ1n) is 6.06. The number of urea groups is 1. The highest BCUT2D eigenvalue weighted by atomic mass is 16.4. The van der Waals surface area contributed by atoms with Gasteiger partial charge >= 0.3 is 12.0 Å². The Labute approximate surface area is 110 Å². The third kappa shape index (κ3) is 2.53. The largest absolute Gasteiger partial charge is 0.480 e. The number of aliphatic hydroxyl groups excluding tert-OH is 1. The molecule has 1 aromatic carbocycles. The summed E-state index contributed by atoms with van der Waals surface area (Å²) in [7, 11) is 0. The molecule has 102 valence electrons. The normalized spacial score (nSPS) is 18.8. The highest BCUT2D eigenvalue weighted by Crippen LogP contribution is 2.31. The van der Waals surface area contributed by atoms with E-state index in [1.54, 1.807) is 0 Å². The summed E-state index contributed by atoms with van der Waals surface area (Å²) in [5.41, 5.74) is 1.84.